The number of nitrogens with two attached hydrogens (primary N) is 1. The van der Waals surface area contributed by atoms with Gasteiger partial charge in [0.05, 0.1) is 0 Å². The molecule has 0 saturated carbocycles. The van der Waals surface area contributed by atoms with Crippen LogP contribution in [0, 0.1) is 0 Å². The molecule has 0 aliphatic heterocycles. The molecule has 0 fully saturated rings. The lowest BCUT2D eigenvalue weighted by atomic mass is 10.2. The molecule has 16 heavy (non-hydrogen) atoms. The molecule has 0 radical (unpaired) electrons. The van der Waals surface area contributed by atoms with Crippen LogP contribution in [0.3, 0.4) is 0 Å². The molecule has 0 aromatic rings. The maximum atomic E-state index is 11.6. The fraction of sp³-hybridized carbons (Fsp3) is 0.714. The Kier molecular flexibility index (Phi) is 6.19. The zero-order chi connectivity index (χ0) is 12.8. The van der Waals surface area contributed by atoms with Gasteiger partial charge in [0.2, 0.25) is 0 Å². The van der Waals surface area contributed by atoms with Crippen LogP contribution in [0.2, 0.25) is 0 Å². The fourth-order valence-corrected chi connectivity index (χ4v) is 1.04. The summed E-state index contributed by atoms with van der Waals surface area (Å²) in [5.74, 6) is -3.28. The summed E-state index contributed by atoms with van der Waals surface area (Å²) in [7, 11) is 0. The summed E-state index contributed by atoms with van der Waals surface area (Å²) in [4.78, 5) is 27.9. The minimum Gasteiger partial charge on any atom is -0.318 e. The molecule has 5 nitrogen and oxygen atoms in total. The molecule has 0 aromatic heterocycles. The first-order valence-electron chi connectivity index (χ1n) is 4.03. The van der Waals surface area contributed by atoms with Crippen LogP contribution in [-0.4, -0.2) is 36.2 Å². The molecular weight excluding hydrogens is 251 g/mol. The summed E-state index contributed by atoms with van der Waals surface area (Å²) in [6, 6.07) is -1.12. The van der Waals surface area contributed by atoms with Crippen LogP contribution in [0.5, 0.6) is 0 Å². The summed E-state index contributed by atoms with van der Waals surface area (Å²) < 4.78 is 34.8. The Morgan fingerprint density at radius 2 is 1.94 bits per heavy atom. The number of thioether (sulfide) groups is 1. The van der Waals surface area contributed by atoms with Crippen molar-refractivity contribution >= 4 is 23.7 Å². The van der Waals surface area contributed by atoms with Crippen molar-refractivity contribution in [3.05, 3.63) is 0 Å². The Labute approximate surface area is 93.4 Å². The van der Waals surface area contributed by atoms with E-state index in [2.05, 4.69) is 9.78 Å². The van der Waals surface area contributed by atoms with E-state index in [4.69, 9.17) is 5.73 Å². The van der Waals surface area contributed by atoms with Gasteiger partial charge in [-0.1, -0.05) is 0 Å². The highest BCUT2D eigenvalue weighted by atomic mass is 32.2. The van der Waals surface area contributed by atoms with Crippen molar-refractivity contribution in [3.63, 3.8) is 0 Å². The number of rotatable bonds is 4. The van der Waals surface area contributed by atoms with E-state index in [0.717, 1.165) is 0 Å². The highest BCUT2D eigenvalue weighted by molar-refractivity contribution is 7.98. The second kappa shape index (κ2) is 6.59. The first kappa shape index (κ1) is 15.0. The summed E-state index contributed by atoms with van der Waals surface area (Å²) in [6.07, 6.45) is -3.23. The lowest BCUT2D eigenvalue weighted by molar-refractivity contribution is -0.286. The van der Waals surface area contributed by atoms with Crippen molar-refractivity contribution in [1.29, 1.82) is 0 Å². The number of alkyl halides is 3. The van der Waals surface area contributed by atoms with Gasteiger partial charge < -0.3 is 5.73 Å². The van der Waals surface area contributed by atoms with Crippen LogP contribution in [0.4, 0.5) is 13.2 Å². The summed E-state index contributed by atoms with van der Waals surface area (Å²) in [5, 5.41) is 0. The minimum atomic E-state index is -5.20. The number of carbonyl (C=O) groups is 2. The smallest absolute Gasteiger partial charge is 0.318 e. The summed E-state index contributed by atoms with van der Waals surface area (Å²) in [6.45, 7) is 0. The third-order valence-corrected chi connectivity index (χ3v) is 2.01. The first-order chi connectivity index (χ1) is 7.29. The van der Waals surface area contributed by atoms with Crippen molar-refractivity contribution in [2.24, 2.45) is 5.73 Å². The van der Waals surface area contributed by atoms with E-state index in [1.54, 1.807) is 6.26 Å². The fourth-order valence-electron chi connectivity index (χ4n) is 0.551. The van der Waals surface area contributed by atoms with Gasteiger partial charge in [-0.2, -0.15) is 24.9 Å². The van der Waals surface area contributed by atoms with Gasteiger partial charge in [0.25, 0.3) is 0 Å². The van der Waals surface area contributed by atoms with Gasteiger partial charge in [-0.3, -0.25) is 0 Å². The minimum absolute atomic E-state index is 0.212. The van der Waals surface area contributed by atoms with Crippen LogP contribution in [-0.2, 0) is 19.4 Å². The average Bonchev–Trinajstić information content (AvgIpc) is 2.20. The van der Waals surface area contributed by atoms with E-state index >= 15 is 0 Å². The molecule has 0 spiro atoms. The van der Waals surface area contributed by atoms with Gasteiger partial charge in [-0.15, -0.1) is 0 Å². The normalized spacial score (nSPS) is 13.1. The molecule has 0 amide bonds. The van der Waals surface area contributed by atoms with Crippen molar-refractivity contribution in [1.82, 2.24) is 0 Å². The van der Waals surface area contributed by atoms with Crippen molar-refractivity contribution in [3.8, 4) is 0 Å². The van der Waals surface area contributed by atoms with Crippen LogP contribution < -0.4 is 5.73 Å². The molecule has 0 bridgehead atoms. The standard InChI is InChI=1S/C7H10F3NO4S/c1-16-3-2-4(11)5(12)14-15-6(13)7(8,9)10/h4H,2-3,11H2,1H3/t4-/m0/s1. The first-order valence-corrected chi connectivity index (χ1v) is 5.42. The molecule has 0 saturated heterocycles. The predicted octanol–water partition coefficient (Wildman–Crippen LogP) is 0.630. The molecule has 94 valence electrons. The van der Waals surface area contributed by atoms with Crippen LogP contribution >= 0.6 is 11.8 Å². The molecule has 2 N–H and O–H groups in total. The van der Waals surface area contributed by atoms with Gasteiger partial charge in [-0.05, 0) is 18.4 Å². The van der Waals surface area contributed by atoms with E-state index in [0.29, 0.717) is 5.75 Å². The lowest BCUT2D eigenvalue weighted by Crippen LogP contribution is -2.35. The Hall–Kier alpha value is -0.960. The number of hydrogen-bond donors (Lipinski definition) is 1. The van der Waals surface area contributed by atoms with E-state index in [1.165, 1.54) is 11.8 Å². The van der Waals surface area contributed by atoms with Gasteiger partial charge in [0, 0.05) is 0 Å². The van der Waals surface area contributed by atoms with Crippen molar-refractivity contribution < 1.29 is 32.5 Å². The van der Waals surface area contributed by atoms with Crippen molar-refractivity contribution in [2.75, 3.05) is 12.0 Å². The van der Waals surface area contributed by atoms with E-state index in [9.17, 15) is 22.8 Å². The summed E-state index contributed by atoms with van der Waals surface area (Å²) in [5.41, 5.74) is 5.24. The maximum Gasteiger partial charge on any atom is 0.495 e. The number of halogens is 3. The third kappa shape index (κ3) is 5.81. The van der Waals surface area contributed by atoms with Crippen LogP contribution in [0.15, 0.2) is 0 Å². The van der Waals surface area contributed by atoms with Gasteiger partial charge in [0.15, 0.2) is 0 Å². The third-order valence-electron chi connectivity index (χ3n) is 1.37. The highest BCUT2D eigenvalue weighted by Gasteiger charge is 2.43. The van der Waals surface area contributed by atoms with E-state index in [-0.39, 0.29) is 6.42 Å². The van der Waals surface area contributed by atoms with Gasteiger partial charge >= 0.3 is 18.1 Å². The Bertz CT molecular complexity index is 259. The van der Waals surface area contributed by atoms with Gasteiger partial charge in [-0.25, -0.2) is 19.4 Å². The molecule has 0 unspecified atom stereocenters. The molecule has 1 atom stereocenters. The van der Waals surface area contributed by atoms with Gasteiger partial charge in [0.1, 0.15) is 6.04 Å². The number of carbonyl (C=O) groups excluding carboxylic acids is 2. The van der Waals surface area contributed by atoms with E-state index in [1.807, 2.05) is 0 Å². The van der Waals surface area contributed by atoms with Crippen LogP contribution in [0.25, 0.3) is 0 Å². The maximum absolute atomic E-state index is 11.6. The zero-order valence-electron chi connectivity index (χ0n) is 8.24. The topological polar surface area (TPSA) is 78.6 Å². The quantitative estimate of drug-likeness (QED) is 0.590. The molecule has 0 heterocycles. The van der Waals surface area contributed by atoms with Crippen molar-refractivity contribution in [2.45, 2.75) is 18.6 Å². The number of hydrogen-bond acceptors (Lipinski definition) is 6. The van der Waals surface area contributed by atoms with E-state index < -0.39 is 24.2 Å². The second-order valence-corrected chi connectivity index (χ2v) is 3.64. The summed E-state index contributed by atoms with van der Waals surface area (Å²) >= 11 is 1.40. The highest BCUT2D eigenvalue weighted by Crippen LogP contribution is 2.16. The largest absolute Gasteiger partial charge is 0.495 e. The van der Waals surface area contributed by atoms with Crippen LogP contribution in [0.1, 0.15) is 6.42 Å². The monoisotopic (exact) mass is 261 g/mol. The molecule has 0 rings (SSSR count). The Morgan fingerprint density at radius 3 is 2.38 bits per heavy atom. The zero-order valence-corrected chi connectivity index (χ0v) is 9.06. The average molecular weight is 261 g/mol. The molecule has 0 aromatic carbocycles. The Morgan fingerprint density at radius 1 is 1.38 bits per heavy atom. The molecule has 9 heteroatoms. The molecular formula is C7H10F3NO4S. The predicted molar refractivity (Wildman–Crippen MR) is 49.2 cm³/mol. The lowest BCUT2D eigenvalue weighted by Gasteiger charge is -2.09. The molecule has 0 aliphatic carbocycles. The Balaban J connectivity index is 3.94. The SMILES string of the molecule is CSCC[C@H](N)C(=O)OOC(=O)C(F)(F)F. The second-order valence-electron chi connectivity index (χ2n) is 2.66. The molecule has 0 aliphatic rings.